The van der Waals surface area contributed by atoms with E-state index in [9.17, 15) is 0 Å². The first-order valence-corrected chi connectivity index (χ1v) is 19.5. The molecule has 0 atom stereocenters. The lowest BCUT2D eigenvalue weighted by Crippen LogP contribution is -2.26. The minimum atomic E-state index is -0.512. The molecule has 0 unspecified atom stereocenters. The van der Waals surface area contributed by atoms with Crippen molar-refractivity contribution in [1.82, 2.24) is 0 Å². The van der Waals surface area contributed by atoms with Crippen molar-refractivity contribution in [2.45, 2.75) is 5.41 Å². The molecule has 13 rings (SSSR count). The Balaban J connectivity index is 1.17. The normalized spacial score (nSPS) is 13.6. The second-order valence-electron chi connectivity index (χ2n) is 15.5. The fourth-order valence-corrected chi connectivity index (χ4v) is 10.5. The summed E-state index contributed by atoms with van der Waals surface area (Å²) >= 11 is 0. The van der Waals surface area contributed by atoms with Crippen LogP contribution in [0.25, 0.3) is 88.0 Å². The highest BCUT2D eigenvalue weighted by atomic mass is 16.5. The van der Waals surface area contributed by atoms with Gasteiger partial charge in [0.15, 0.2) is 0 Å². The summed E-state index contributed by atoms with van der Waals surface area (Å²) < 4.78 is 6.59. The SMILES string of the molecule is c1ccc2c(c1)-c1ccccc1C21c2cc(-c3ccc4c(c3)-c3cccc5cccc(c35)O4)cc(-c3ccc4ccccc4c3)c2-c2ccc3ccccc3c21. The lowest BCUT2D eigenvalue weighted by atomic mass is 9.69. The molecule has 1 nitrogen and oxygen atoms in total. The van der Waals surface area contributed by atoms with Gasteiger partial charge in [0.25, 0.3) is 0 Å². The zero-order valence-corrected chi connectivity index (χ0v) is 30.4. The van der Waals surface area contributed by atoms with Crippen LogP contribution in [0.2, 0.25) is 0 Å². The van der Waals surface area contributed by atoms with E-state index in [-0.39, 0.29) is 0 Å². The maximum absolute atomic E-state index is 6.59. The molecule has 3 aliphatic rings. The van der Waals surface area contributed by atoms with E-state index in [0.29, 0.717) is 0 Å². The number of hydrogen-bond donors (Lipinski definition) is 0. The summed E-state index contributed by atoms with van der Waals surface area (Å²) in [5, 5.41) is 7.41. The molecule has 258 valence electrons. The van der Waals surface area contributed by atoms with Gasteiger partial charge in [0, 0.05) is 10.9 Å². The first-order valence-electron chi connectivity index (χ1n) is 19.5. The van der Waals surface area contributed by atoms with Gasteiger partial charge >= 0.3 is 0 Å². The van der Waals surface area contributed by atoms with Gasteiger partial charge in [-0.05, 0) is 136 Å². The van der Waals surface area contributed by atoms with Crippen LogP contribution in [0.4, 0.5) is 0 Å². The summed E-state index contributed by atoms with van der Waals surface area (Å²) in [6.45, 7) is 0. The third-order valence-electron chi connectivity index (χ3n) is 12.8. The van der Waals surface area contributed by atoms with Gasteiger partial charge < -0.3 is 4.74 Å². The van der Waals surface area contributed by atoms with Crippen molar-refractivity contribution < 1.29 is 4.74 Å². The molecule has 1 aliphatic heterocycles. The summed E-state index contributed by atoms with van der Waals surface area (Å²) in [6.07, 6.45) is 0. The van der Waals surface area contributed by atoms with Crippen molar-refractivity contribution in [1.29, 1.82) is 0 Å². The van der Waals surface area contributed by atoms with Crippen molar-refractivity contribution in [2.24, 2.45) is 0 Å². The second-order valence-corrected chi connectivity index (χ2v) is 15.5. The lowest BCUT2D eigenvalue weighted by Gasteiger charge is -2.32. The molecule has 1 spiro atoms. The topological polar surface area (TPSA) is 9.23 Å². The molecule has 56 heavy (non-hydrogen) atoms. The van der Waals surface area contributed by atoms with Crippen LogP contribution in [0.15, 0.2) is 194 Å². The predicted octanol–water partition coefficient (Wildman–Crippen LogP) is 14.6. The van der Waals surface area contributed by atoms with Crippen molar-refractivity contribution in [3.63, 3.8) is 0 Å². The summed E-state index contributed by atoms with van der Waals surface area (Å²) in [7, 11) is 0. The molecule has 1 heterocycles. The van der Waals surface area contributed by atoms with E-state index in [2.05, 4.69) is 194 Å². The number of ether oxygens (including phenoxy) is 1. The van der Waals surface area contributed by atoms with Crippen LogP contribution in [0.3, 0.4) is 0 Å². The minimum absolute atomic E-state index is 0.512. The van der Waals surface area contributed by atoms with E-state index in [1.165, 1.54) is 105 Å². The molecule has 10 aromatic rings. The Morgan fingerprint density at radius 2 is 0.964 bits per heavy atom. The fourth-order valence-electron chi connectivity index (χ4n) is 10.5. The molecule has 0 fully saturated rings. The Hall–Kier alpha value is -7.22. The van der Waals surface area contributed by atoms with E-state index in [1.807, 2.05) is 0 Å². The monoisotopic (exact) mass is 708 g/mol. The van der Waals surface area contributed by atoms with Crippen LogP contribution in [0.5, 0.6) is 11.5 Å². The van der Waals surface area contributed by atoms with Gasteiger partial charge in [-0.15, -0.1) is 0 Å². The fraction of sp³-hybridized carbons (Fsp3) is 0.0182. The molecule has 2 aliphatic carbocycles. The van der Waals surface area contributed by atoms with Crippen molar-refractivity contribution in [3.05, 3.63) is 216 Å². The van der Waals surface area contributed by atoms with Crippen molar-refractivity contribution in [2.75, 3.05) is 0 Å². The number of hydrogen-bond acceptors (Lipinski definition) is 1. The third-order valence-corrected chi connectivity index (χ3v) is 12.8. The van der Waals surface area contributed by atoms with Gasteiger partial charge in [-0.3, -0.25) is 0 Å². The number of fused-ring (bicyclic) bond motifs is 15. The Labute approximate surface area is 324 Å². The standard InChI is InChI=1S/C55H32O/c1-2-13-36-29-38(24-23-33(36)11-1)45-31-39(37-26-28-50-46(30-37)43-19-9-14-35-15-10-22-51(56-50)52(35)43)32-49-53(45)44-27-25-34-12-3-4-16-40(34)54(44)55(49)47-20-7-5-17-41(47)42-18-6-8-21-48(42)55/h1-32H. The molecule has 0 N–H and O–H groups in total. The maximum atomic E-state index is 6.59. The van der Waals surface area contributed by atoms with Gasteiger partial charge in [-0.2, -0.15) is 0 Å². The molecular weight excluding hydrogens is 677 g/mol. The quantitative estimate of drug-likeness (QED) is 0.174. The predicted molar refractivity (Wildman–Crippen MR) is 232 cm³/mol. The molecule has 10 aromatic carbocycles. The zero-order valence-electron chi connectivity index (χ0n) is 30.4. The highest BCUT2D eigenvalue weighted by Gasteiger charge is 2.53. The largest absolute Gasteiger partial charge is 0.456 e. The second kappa shape index (κ2) is 10.9. The van der Waals surface area contributed by atoms with E-state index < -0.39 is 5.41 Å². The Bertz CT molecular complexity index is 3300. The average Bonchev–Trinajstić information content (AvgIpc) is 3.73. The van der Waals surface area contributed by atoms with Gasteiger partial charge in [-0.25, -0.2) is 0 Å². The third kappa shape index (κ3) is 3.84. The van der Waals surface area contributed by atoms with E-state index >= 15 is 0 Å². The number of rotatable bonds is 2. The Morgan fingerprint density at radius 1 is 0.321 bits per heavy atom. The van der Waals surface area contributed by atoms with Crippen molar-refractivity contribution in [3.8, 4) is 67.1 Å². The van der Waals surface area contributed by atoms with E-state index in [4.69, 9.17) is 4.74 Å². The molecule has 1 heteroatoms. The van der Waals surface area contributed by atoms with Crippen LogP contribution in [-0.4, -0.2) is 0 Å². The van der Waals surface area contributed by atoms with Crippen LogP contribution < -0.4 is 4.74 Å². The lowest BCUT2D eigenvalue weighted by molar-refractivity contribution is 0.487. The minimum Gasteiger partial charge on any atom is -0.456 e. The van der Waals surface area contributed by atoms with Crippen LogP contribution in [0.1, 0.15) is 22.3 Å². The molecule has 0 radical (unpaired) electrons. The first-order chi connectivity index (χ1) is 27.8. The number of benzene rings is 10. The molecule has 0 saturated carbocycles. The average molecular weight is 709 g/mol. The van der Waals surface area contributed by atoms with Gasteiger partial charge in [-0.1, -0.05) is 158 Å². The summed E-state index contributed by atoms with van der Waals surface area (Å²) in [6, 6.07) is 72.3. The summed E-state index contributed by atoms with van der Waals surface area (Å²) in [5.74, 6) is 1.81. The van der Waals surface area contributed by atoms with Gasteiger partial charge in [0.05, 0.1) is 5.41 Å². The molecular formula is C55H32O. The Kier molecular flexibility index (Phi) is 5.89. The summed E-state index contributed by atoms with van der Waals surface area (Å²) in [4.78, 5) is 0. The smallest absolute Gasteiger partial charge is 0.135 e. The highest BCUT2D eigenvalue weighted by Crippen LogP contribution is 2.66. The first kappa shape index (κ1) is 30.1. The molecule has 0 amide bonds. The summed E-state index contributed by atoms with van der Waals surface area (Å²) in [5.41, 5.74) is 17.3. The highest BCUT2D eigenvalue weighted by molar-refractivity contribution is 6.09. The van der Waals surface area contributed by atoms with Gasteiger partial charge in [0.2, 0.25) is 0 Å². The van der Waals surface area contributed by atoms with Crippen LogP contribution in [-0.2, 0) is 5.41 Å². The van der Waals surface area contributed by atoms with E-state index in [1.54, 1.807) is 0 Å². The van der Waals surface area contributed by atoms with Gasteiger partial charge in [0.1, 0.15) is 11.5 Å². The van der Waals surface area contributed by atoms with E-state index in [0.717, 1.165) is 17.1 Å². The zero-order chi connectivity index (χ0) is 36.5. The van der Waals surface area contributed by atoms with Crippen molar-refractivity contribution >= 4 is 32.3 Å². The Morgan fingerprint density at radius 3 is 1.80 bits per heavy atom. The van der Waals surface area contributed by atoms with Crippen LogP contribution >= 0.6 is 0 Å². The maximum Gasteiger partial charge on any atom is 0.135 e. The molecule has 0 bridgehead atoms. The van der Waals surface area contributed by atoms with Crippen LogP contribution in [0, 0.1) is 0 Å². The molecule has 0 aromatic heterocycles. The molecule has 0 saturated heterocycles.